The van der Waals surface area contributed by atoms with Gasteiger partial charge in [0.2, 0.25) is 0 Å². The second-order valence-corrected chi connectivity index (χ2v) is 5.30. The second kappa shape index (κ2) is 5.03. The Labute approximate surface area is 95.4 Å². The minimum Gasteiger partial charge on any atom is -0.308 e. The smallest absolute Gasteiger partial charge is 0.0893 e. The molecule has 2 atom stereocenters. The van der Waals surface area contributed by atoms with Gasteiger partial charge in [0.15, 0.2) is 0 Å². The zero-order valence-corrected chi connectivity index (χ0v) is 10.3. The summed E-state index contributed by atoms with van der Waals surface area (Å²) in [4.78, 5) is 0. The molecule has 0 aliphatic heterocycles. The molecule has 0 saturated heterocycles. The molecule has 1 aromatic heterocycles. The highest BCUT2D eigenvalue weighted by Gasteiger charge is 2.26. The minimum absolute atomic E-state index is 0.653. The molecule has 0 amide bonds. The highest BCUT2D eigenvalue weighted by molar-refractivity contribution is 7.03. The molecule has 1 saturated carbocycles. The molecule has 84 valence electrons. The van der Waals surface area contributed by atoms with Gasteiger partial charge in [-0.1, -0.05) is 24.8 Å². The standard InChI is InChI=1S/C11H19N3S/c1-8-4-3-5-9(2)11(8)12-6-10-7-15-14-13-10/h7-9,11-12H,3-6H2,1-2H3. The molecular formula is C11H19N3S. The molecule has 15 heavy (non-hydrogen) atoms. The normalized spacial score (nSPS) is 31.7. The van der Waals surface area contributed by atoms with Crippen molar-refractivity contribution in [3.63, 3.8) is 0 Å². The van der Waals surface area contributed by atoms with Gasteiger partial charge in [-0.2, -0.15) is 0 Å². The summed E-state index contributed by atoms with van der Waals surface area (Å²) in [5, 5.41) is 9.70. The molecule has 1 aliphatic rings. The van der Waals surface area contributed by atoms with Gasteiger partial charge in [0.25, 0.3) is 0 Å². The van der Waals surface area contributed by atoms with Crippen molar-refractivity contribution in [3.8, 4) is 0 Å². The molecule has 1 heterocycles. The summed E-state index contributed by atoms with van der Waals surface area (Å²) in [6.07, 6.45) is 4.10. The molecule has 0 bridgehead atoms. The average molecular weight is 225 g/mol. The first-order chi connectivity index (χ1) is 7.27. The maximum atomic E-state index is 4.06. The Balaban J connectivity index is 1.86. The summed E-state index contributed by atoms with van der Waals surface area (Å²) in [6.45, 7) is 5.58. The van der Waals surface area contributed by atoms with Gasteiger partial charge < -0.3 is 5.32 Å². The van der Waals surface area contributed by atoms with E-state index in [1.807, 2.05) is 5.38 Å². The van der Waals surface area contributed by atoms with Crippen LogP contribution in [-0.2, 0) is 6.54 Å². The van der Waals surface area contributed by atoms with E-state index in [2.05, 4.69) is 28.8 Å². The van der Waals surface area contributed by atoms with Crippen molar-refractivity contribution in [1.82, 2.24) is 14.9 Å². The van der Waals surface area contributed by atoms with Crippen LogP contribution < -0.4 is 5.32 Å². The van der Waals surface area contributed by atoms with Gasteiger partial charge in [-0.3, -0.25) is 0 Å². The van der Waals surface area contributed by atoms with Crippen LogP contribution in [0.4, 0.5) is 0 Å². The summed E-state index contributed by atoms with van der Waals surface area (Å²) < 4.78 is 3.88. The van der Waals surface area contributed by atoms with Crippen molar-refractivity contribution >= 4 is 11.5 Å². The van der Waals surface area contributed by atoms with E-state index in [9.17, 15) is 0 Å². The van der Waals surface area contributed by atoms with Gasteiger partial charge in [0, 0.05) is 18.0 Å². The minimum atomic E-state index is 0.653. The van der Waals surface area contributed by atoms with E-state index >= 15 is 0 Å². The van der Waals surface area contributed by atoms with Gasteiger partial charge in [-0.15, -0.1) is 5.10 Å². The lowest BCUT2D eigenvalue weighted by atomic mass is 9.79. The third-order valence-electron chi connectivity index (χ3n) is 3.47. The topological polar surface area (TPSA) is 37.8 Å². The Kier molecular flexibility index (Phi) is 3.70. The first kappa shape index (κ1) is 11.0. The van der Waals surface area contributed by atoms with Crippen molar-refractivity contribution in [2.24, 2.45) is 11.8 Å². The maximum absolute atomic E-state index is 4.06. The first-order valence-electron chi connectivity index (χ1n) is 5.76. The lowest BCUT2D eigenvalue weighted by Crippen LogP contribution is -2.42. The number of nitrogens with one attached hydrogen (secondary N) is 1. The van der Waals surface area contributed by atoms with Crippen molar-refractivity contribution < 1.29 is 0 Å². The highest BCUT2D eigenvalue weighted by Crippen LogP contribution is 2.28. The van der Waals surface area contributed by atoms with Crippen LogP contribution in [0.15, 0.2) is 5.38 Å². The molecule has 1 aromatic rings. The first-order valence-corrected chi connectivity index (χ1v) is 6.60. The van der Waals surface area contributed by atoms with Gasteiger partial charge >= 0.3 is 0 Å². The number of rotatable bonds is 3. The largest absolute Gasteiger partial charge is 0.308 e. The van der Waals surface area contributed by atoms with Gasteiger partial charge in [-0.25, -0.2) is 0 Å². The zero-order valence-electron chi connectivity index (χ0n) is 9.44. The summed E-state index contributed by atoms with van der Waals surface area (Å²) in [5.74, 6) is 1.58. The quantitative estimate of drug-likeness (QED) is 0.858. The van der Waals surface area contributed by atoms with Crippen LogP contribution in [-0.4, -0.2) is 15.6 Å². The molecule has 0 radical (unpaired) electrons. The van der Waals surface area contributed by atoms with Crippen molar-refractivity contribution in [3.05, 3.63) is 11.1 Å². The highest BCUT2D eigenvalue weighted by atomic mass is 32.1. The number of nitrogens with zero attached hydrogens (tertiary/aromatic N) is 2. The van der Waals surface area contributed by atoms with Crippen LogP contribution in [0.1, 0.15) is 38.8 Å². The predicted octanol–water partition coefficient (Wildman–Crippen LogP) is 2.45. The Hall–Kier alpha value is -0.480. The number of hydrogen-bond acceptors (Lipinski definition) is 4. The molecule has 1 fully saturated rings. The summed E-state index contributed by atoms with van der Waals surface area (Å²) in [5.41, 5.74) is 1.07. The fourth-order valence-electron chi connectivity index (χ4n) is 2.57. The monoisotopic (exact) mass is 225 g/mol. The van der Waals surface area contributed by atoms with Gasteiger partial charge in [0.05, 0.1) is 5.69 Å². The van der Waals surface area contributed by atoms with Crippen molar-refractivity contribution in [2.45, 2.75) is 45.7 Å². The Morgan fingerprint density at radius 1 is 1.40 bits per heavy atom. The third kappa shape index (κ3) is 2.75. The van der Waals surface area contributed by atoms with E-state index in [4.69, 9.17) is 0 Å². The molecule has 1 aliphatic carbocycles. The van der Waals surface area contributed by atoms with E-state index in [1.165, 1.54) is 30.8 Å². The summed E-state index contributed by atoms with van der Waals surface area (Å²) in [6, 6.07) is 0.653. The molecule has 1 N–H and O–H groups in total. The SMILES string of the molecule is CC1CCCC(C)C1NCc1csnn1. The van der Waals surface area contributed by atoms with E-state index in [0.29, 0.717) is 6.04 Å². The van der Waals surface area contributed by atoms with Crippen LogP contribution in [0.5, 0.6) is 0 Å². The van der Waals surface area contributed by atoms with Crippen LogP contribution in [0.25, 0.3) is 0 Å². The summed E-state index contributed by atoms with van der Waals surface area (Å²) in [7, 11) is 0. The number of aromatic nitrogens is 2. The molecule has 3 nitrogen and oxygen atoms in total. The van der Waals surface area contributed by atoms with Crippen molar-refractivity contribution in [2.75, 3.05) is 0 Å². The zero-order chi connectivity index (χ0) is 10.7. The molecule has 0 spiro atoms. The van der Waals surface area contributed by atoms with E-state index in [-0.39, 0.29) is 0 Å². The van der Waals surface area contributed by atoms with Gasteiger partial charge in [0.1, 0.15) is 0 Å². The Bertz CT molecular complexity index is 276. The predicted molar refractivity (Wildman–Crippen MR) is 62.7 cm³/mol. The van der Waals surface area contributed by atoms with Gasteiger partial charge in [-0.05, 0) is 36.2 Å². The van der Waals surface area contributed by atoms with E-state index < -0.39 is 0 Å². The summed E-state index contributed by atoms with van der Waals surface area (Å²) >= 11 is 1.43. The second-order valence-electron chi connectivity index (χ2n) is 4.69. The van der Waals surface area contributed by atoms with Crippen LogP contribution in [0, 0.1) is 11.8 Å². The molecule has 2 rings (SSSR count). The van der Waals surface area contributed by atoms with E-state index in [0.717, 1.165) is 24.1 Å². The fourth-order valence-corrected chi connectivity index (χ4v) is 3.02. The van der Waals surface area contributed by atoms with Crippen LogP contribution >= 0.6 is 11.5 Å². The third-order valence-corrected chi connectivity index (χ3v) is 4.02. The van der Waals surface area contributed by atoms with Crippen molar-refractivity contribution in [1.29, 1.82) is 0 Å². The molecular weight excluding hydrogens is 206 g/mol. The lowest BCUT2D eigenvalue weighted by Gasteiger charge is -2.35. The Morgan fingerprint density at radius 3 is 2.73 bits per heavy atom. The molecule has 2 unspecified atom stereocenters. The average Bonchev–Trinajstić information content (AvgIpc) is 2.70. The van der Waals surface area contributed by atoms with Crippen LogP contribution in [0.3, 0.4) is 0 Å². The Morgan fingerprint density at radius 2 is 2.13 bits per heavy atom. The molecule has 4 heteroatoms. The van der Waals surface area contributed by atoms with E-state index in [1.54, 1.807) is 0 Å². The van der Waals surface area contributed by atoms with Crippen LogP contribution in [0.2, 0.25) is 0 Å². The molecule has 0 aromatic carbocycles. The lowest BCUT2D eigenvalue weighted by molar-refractivity contribution is 0.207. The fraction of sp³-hybridized carbons (Fsp3) is 0.818. The maximum Gasteiger partial charge on any atom is 0.0893 e. The number of hydrogen-bond donors (Lipinski definition) is 1.